The second-order valence-corrected chi connectivity index (χ2v) is 6.19. The third-order valence-corrected chi connectivity index (χ3v) is 5.11. The van der Waals surface area contributed by atoms with Gasteiger partial charge in [0.15, 0.2) is 0 Å². The van der Waals surface area contributed by atoms with E-state index in [4.69, 9.17) is 5.73 Å². The molecule has 1 aromatic rings. The van der Waals surface area contributed by atoms with Crippen LogP contribution in [0.2, 0.25) is 0 Å². The molecule has 0 saturated heterocycles. The highest BCUT2D eigenvalue weighted by Gasteiger charge is 2.38. The van der Waals surface area contributed by atoms with Crippen molar-refractivity contribution in [3.63, 3.8) is 0 Å². The van der Waals surface area contributed by atoms with Gasteiger partial charge in [0, 0.05) is 12.1 Å². The van der Waals surface area contributed by atoms with Crippen molar-refractivity contribution < 1.29 is 0 Å². The largest absolute Gasteiger partial charge is 0.329 e. The molecule has 0 radical (unpaired) electrons. The number of rotatable bonds is 6. The van der Waals surface area contributed by atoms with Gasteiger partial charge in [0.05, 0.1) is 0 Å². The van der Waals surface area contributed by atoms with Crippen LogP contribution in [0.3, 0.4) is 0 Å². The van der Waals surface area contributed by atoms with Crippen LogP contribution in [0.25, 0.3) is 0 Å². The lowest BCUT2D eigenvalue weighted by molar-refractivity contribution is 0.0563. The fourth-order valence-corrected chi connectivity index (χ4v) is 3.86. The highest BCUT2D eigenvalue weighted by atomic mass is 15.2. The van der Waals surface area contributed by atoms with Crippen LogP contribution in [0.1, 0.15) is 57.4 Å². The molecule has 112 valence electrons. The van der Waals surface area contributed by atoms with E-state index in [0.29, 0.717) is 0 Å². The van der Waals surface area contributed by atoms with Crippen molar-refractivity contribution in [3.8, 4) is 0 Å². The van der Waals surface area contributed by atoms with Crippen molar-refractivity contribution in [1.82, 2.24) is 4.90 Å². The van der Waals surface area contributed by atoms with Crippen LogP contribution in [0.5, 0.6) is 0 Å². The van der Waals surface area contributed by atoms with Gasteiger partial charge < -0.3 is 5.73 Å². The molecule has 0 aromatic heterocycles. The molecule has 1 aliphatic carbocycles. The fraction of sp³-hybridized carbons (Fsp3) is 0.667. The zero-order valence-corrected chi connectivity index (χ0v) is 13.1. The van der Waals surface area contributed by atoms with Crippen molar-refractivity contribution in [2.75, 3.05) is 19.6 Å². The number of benzene rings is 1. The van der Waals surface area contributed by atoms with Gasteiger partial charge in [0.1, 0.15) is 0 Å². The Labute approximate surface area is 124 Å². The Hall–Kier alpha value is -0.860. The van der Waals surface area contributed by atoms with Gasteiger partial charge in [-0.1, -0.05) is 44.2 Å². The molecule has 0 amide bonds. The molecule has 1 saturated carbocycles. The maximum Gasteiger partial charge on any atom is 0.0332 e. The summed E-state index contributed by atoms with van der Waals surface area (Å²) in [6, 6.07) is 11.0. The van der Waals surface area contributed by atoms with E-state index in [1.54, 1.807) is 0 Å². The van der Waals surface area contributed by atoms with E-state index in [1.165, 1.54) is 44.2 Å². The smallest absolute Gasteiger partial charge is 0.0332 e. The molecule has 2 heteroatoms. The molecule has 0 heterocycles. The first-order valence-electron chi connectivity index (χ1n) is 8.26. The minimum atomic E-state index is 0.260. The average Bonchev–Trinajstić information content (AvgIpc) is 2.53. The Morgan fingerprint density at radius 2 is 1.80 bits per heavy atom. The van der Waals surface area contributed by atoms with Crippen LogP contribution in [0, 0.1) is 0 Å². The summed E-state index contributed by atoms with van der Waals surface area (Å²) in [6.45, 7) is 7.66. The first-order chi connectivity index (χ1) is 9.75. The molecule has 20 heavy (non-hydrogen) atoms. The number of hydrogen-bond acceptors (Lipinski definition) is 2. The van der Waals surface area contributed by atoms with Crippen LogP contribution in [0.15, 0.2) is 30.3 Å². The van der Waals surface area contributed by atoms with Gasteiger partial charge in [-0.15, -0.1) is 0 Å². The Balaban J connectivity index is 2.03. The van der Waals surface area contributed by atoms with Gasteiger partial charge in [-0.3, -0.25) is 4.90 Å². The van der Waals surface area contributed by atoms with E-state index in [2.05, 4.69) is 49.1 Å². The highest BCUT2D eigenvalue weighted by Crippen LogP contribution is 2.40. The van der Waals surface area contributed by atoms with Gasteiger partial charge in [-0.25, -0.2) is 0 Å². The third kappa shape index (κ3) is 3.24. The standard InChI is InChI=1S/C18H30N2/c1-3-14-20(4-2)18(15-19)12-10-17(11-13-18)16-8-6-5-7-9-16/h5-9,17H,3-4,10-15,19H2,1-2H3. The number of nitrogens with two attached hydrogens (primary N) is 1. The summed E-state index contributed by atoms with van der Waals surface area (Å²) in [5.74, 6) is 0.733. The summed E-state index contributed by atoms with van der Waals surface area (Å²) in [6.07, 6.45) is 6.27. The van der Waals surface area contributed by atoms with Crippen molar-refractivity contribution in [1.29, 1.82) is 0 Å². The van der Waals surface area contributed by atoms with E-state index in [9.17, 15) is 0 Å². The first-order valence-corrected chi connectivity index (χ1v) is 8.26. The number of likely N-dealkylation sites (N-methyl/N-ethyl adjacent to an activating group) is 1. The first kappa shape index (κ1) is 15.5. The van der Waals surface area contributed by atoms with Gasteiger partial charge in [0.2, 0.25) is 0 Å². The van der Waals surface area contributed by atoms with Crippen molar-refractivity contribution in [2.24, 2.45) is 5.73 Å². The maximum absolute atomic E-state index is 6.19. The molecule has 1 fully saturated rings. The van der Waals surface area contributed by atoms with Crippen LogP contribution in [-0.4, -0.2) is 30.1 Å². The molecule has 2 rings (SSSR count). The molecule has 0 unspecified atom stereocenters. The topological polar surface area (TPSA) is 29.3 Å². The second-order valence-electron chi connectivity index (χ2n) is 6.19. The van der Waals surface area contributed by atoms with Gasteiger partial charge >= 0.3 is 0 Å². The van der Waals surface area contributed by atoms with E-state index < -0.39 is 0 Å². The highest BCUT2D eigenvalue weighted by molar-refractivity contribution is 5.20. The second kappa shape index (κ2) is 7.24. The van der Waals surface area contributed by atoms with E-state index >= 15 is 0 Å². The average molecular weight is 274 g/mol. The number of hydrogen-bond donors (Lipinski definition) is 1. The molecule has 1 aromatic carbocycles. The predicted molar refractivity (Wildman–Crippen MR) is 87.0 cm³/mol. The molecule has 2 nitrogen and oxygen atoms in total. The lowest BCUT2D eigenvalue weighted by atomic mass is 9.73. The Bertz CT molecular complexity index is 380. The number of nitrogens with zero attached hydrogens (tertiary/aromatic N) is 1. The Kier molecular flexibility index (Phi) is 5.62. The fourth-order valence-electron chi connectivity index (χ4n) is 3.86. The van der Waals surface area contributed by atoms with Crippen LogP contribution >= 0.6 is 0 Å². The van der Waals surface area contributed by atoms with Gasteiger partial charge in [-0.2, -0.15) is 0 Å². The van der Waals surface area contributed by atoms with E-state index in [-0.39, 0.29) is 5.54 Å². The lowest BCUT2D eigenvalue weighted by Crippen LogP contribution is -2.55. The third-order valence-electron chi connectivity index (χ3n) is 5.11. The van der Waals surface area contributed by atoms with Gasteiger partial charge in [-0.05, 0) is 56.7 Å². The van der Waals surface area contributed by atoms with Crippen LogP contribution in [0.4, 0.5) is 0 Å². The van der Waals surface area contributed by atoms with Crippen molar-refractivity contribution in [2.45, 2.75) is 57.4 Å². The molecule has 0 spiro atoms. The molecular formula is C18H30N2. The summed E-state index contributed by atoms with van der Waals surface area (Å²) < 4.78 is 0. The summed E-state index contributed by atoms with van der Waals surface area (Å²) >= 11 is 0. The minimum absolute atomic E-state index is 0.260. The molecule has 0 bridgehead atoms. The summed E-state index contributed by atoms with van der Waals surface area (Å²) in [5.41, 5.74) is 7.96. The Morgan fingerprint density at radius 1 is 1.15 bits per heavy atom. The van der Waals surface area contributed by atoms with Crippen LogP contribution < -0.4 is 5.73 Å². The zero-order valence-electron chi connectivity index (χ0n) is 13.1. The maximum atomic E-state index is 6.19. The monoisotopic (exact) mass is 274 g/mol. The summed E-state index contributed by atoms with van der Waals surface area (Å²) in [4.78, 5) is 2.63. The zero-order chi connectivity index (χ0) is 14.4. The summed E-state index contributed by atoms with van der Waals surface area (Å²) in [5, 5.41) is 0. The van der Waals surface area contributed by atoms with Crippen molar-refractivity contribution >= 4 is 0 Å². The molecular weight excluding hydrogens is 244 g/mol. The SMILES string of the molecule is CCCN(CC)C1(CN)CCC(c2ccccc2)CC1. The molecule has 1 aliphatic rings. The van der Waals surface area contributed by atoms with E-state index in [0.717, 1.165) is 19.0 Å². The van der Waals surface area contributed by atoms with E-state index in [1.807, 2.05) is 0 Å². The van der Waals surface area contributed by atoms with Gasteiger partial charge in [0.25, 0.3) is 0 Å². The molecule has 2 N–H and O–H groups in total. The quantitative estimate of drug-likeness (QED) is 0.855. The molecule has 0 aliphatic heterocycles. The van der Waals surface area contributed by atoms with Crippen LogP contribution in [-0.2, 0) is 0 Å². The minimum Gasteiger partial charge on any atom is -0.329 e. The molecule has 0 atom stereocenters. The lowest BCUT2D eigenvalue weighted by Gasteiger charge is -2.47. The normalized spacial score (nSPS) is 26.9. The Morgan fingerprint density at radius 3 is 2.30 bits per heavy atom. The van der Waals surface area contributed by atoms with Crippen molar-refractivity contribution in [3.05, 3.63) is 35.9 Å². The summed E-state index contributed by atoms with van der Waals surface area (Å²) in [7, 11) is 0. The predicted octanol–water partition coefficient (Wildman–Crippen LogP) is 3.77.